The van der Waals surface area contributed by atoms with Gasteiger partial charge >= 0.3 is 0 Å². The Hall–Kier alpha value is -0.0900. The molecular formula is C14H27NO2S. The Morgan fingerprint density at radius 1 is 1.17 bits per heavy atom. The Labute approximate surface area is 112 Å². The lowest BCUT2D eigenvalue weighted by Crippen LogP contribution is -2.29. The molecule has 2 saturated carbocycles. The normalized spacial score (nSPS) is 23.4. The third-order valence-electron chi connectivity index (χ3n) is 4.40. The van der Waals surface area contributed by atoms with Crippen LogP contribution < -0.4 is 5.32 Å². The van der Waals surface area contributed by atoms with Gasteiger partial charge in [-0.3, -0.25) is 0 Å². The van der Waals surface area contributed by atoms with E-state index in [2.05, 4.69) is 5.32 Å². The molecule has 0 aromatic heterocycles. The van der Waals surface area contributed by atoms with E-state index in [1.165, 1.54) is 44.8 Å². The predicted molar refractivity (Wildman–Crippen MR) is 75.4 cm³/mol. The molecule has 0 aromatic carbocycles. The van der Waals surface area contributed by atoms with Crippen LogP contribution in [-0.2, 0) is 9.84 Å². The van der Waals surface area contributed by atoms with Crippen LogP contribution in [0.25, 0.3) is 0 Å². The van der Waals surface area contributed by atoms with Crippen LogP contribution in [0, 0.1) is 11.8 Å². The van der Waals surface area contributed by atoms with E-state index in [-0.39, 0.29) is 0 Å². The van der Waals surface area contributed by atoms with Crippen LogP contribution in [-0.4, -0.2) is 33.0 Å². The second-order valence-electron chi connectivity index (χ2n) is 6.26. The standard InChI is InChI=1S/C14H27NO2S/c1-18(16,17)10-4-7-13(11-15-14-8-9-14)12-5-2-3-6-12/h12-15H,2-11H2,1H3. The number of hydrogen-bond donors (Lipinski definition) is 1. The van der Waals surface area contributed by atoms with Crippen molar-refractivity contribution >= 4 is 9.84 Å². The third-order valence-corrected chi connectivity index (χ3v) is 5.43. The molecule has 0 aliphatic heterocycles. The maximum Gasteiger partial charge on any atom is 0.147 e. The first-order valence-corrected chi connectivity index (χ1v) is 9.52. The lowest BCUT2D eigenvalue weighted by molar-refractivity contribution is 0.301. The molecule has 1 unspecified atom stereocenters. The van der Waals surface area contributed by atoms with Crippen LogP contribution in [0.3, 0.4) is 0 Å². The first-order valence-electron chi connectivity index (χ1n) is 7.46. The predicted octanol–water partition coefficient (Wildman–Crippen LogP) is 2.37. The highest BCUT2D eigenvalue weighted by Gasteiger charge is 2.27. The van der Waals surface area contributed by atoms with Crippen LogP contribution >= 0.6 is 0 Å². The van der Waals surface area contributed by atoms with Gasteiger partial charge in [-0.05, 0) is 44.1 Å². The maximum atomic E-state index is 11.2. The first kappa shape index (κ1) is 14.3. The topological polar surface area (TPSA) is 46.2 Å². The molecule has 0 aromatic rings. The summed E-state index contributed by atoms with van der Waals surface area (Å²) in [7, 11) is -2.78. The van der Waals surface area contributed by atoms with Crippen molar-refractivity contribution in [1.82, 2.24) is 5.32 Å². The minimum atomic E-state index is -2.78. The molecule has 1 N–H and O–H groups in total. The number of nitrogens with one attached hydrogen (secondary N) is 1. The summed E-state index contributed by atoms with van der Waals surface area (Å²) in [4.78, 5) is 0. The fraction of sp³-hybridized carbons (Fsp3) is 1.00. The van der Waals surface area contributed by atoms with Gasteiger partial charge in [-0.2, -0.15) is 0 Å². The second-order valence-corrected chi connectivity index (χ2v) is 8.52. The van der Waals surface area contributed by atoms with Crippen LogP contribution in [0.1, 0.15) is 51.4 Å². The van der Waals surface area contributed by atoms with Gasteiger partial charge in [0.25, 0.3) is 0 Å². The Kier molecular flexibility index (Phi) is 5.07. The summed E-state index contributed by atoms with van der Waals surface area (Å²) in [5, 5.41) is 3.63. The zero-order valence-electron chi connectivity index (χ0n) is 11.5. The lowest BCUT2D eigenvalue weighted by Gasteiger charge is -2.24. The van der Waals surface area contributed by atoms with E-state index in [4.69, 9.17) is 0 Å². The summed E-state index contributed by atoms with van der Waals surface area (Å²) >= 11 is 0. The fourth-order valence-corrected chi connectivity index (χ4v) is 3.84. The average molecular weight is 273 g/mol. The Bertz CT molecular complexity index is 343. The minimum Gasteiger partial charge on any atom is -0.314 e. The van der Waals surface area contributed by atoms with Crippen molar-refractivity contribution in [3.8, 4) is 0 Å². The number of rotatable bonds is 8. The molecule has 2 fully saturated rings. The fourth-order valence-electron chi connectivity index (χ4n) is 3.15. The van der Waals surface area contributed by atoms with Gasteiger partial charge in [0.2, 0.25) is 0 Å². The molecule has 4 heteroatoms. The largest absolute Gasteiger partial charge is 0.314 e. The maximum absolute atomic E-state index is 11.2. The summed E-state index contributed by atoms with van der Waals surface area (Å²) in [6.45, 7) is 1.11. The smallest absolute Gasteiger partial charge is 0.147 e. The molecule has 2 aliphatic rings. The SMILES string of the molecule is CS(=O)(=O)CCCC(CNC1CC1)C1CCCC1. The van der Waals surface area contributed by atoms with Crippen LogP contribution in [0.4, 0.5) is 0 Å². The molecular weight excluding hydrogens is 246 g/mol. The molecule has 0 radical (unpaired) electrons. The number of sulfone groups is 1. The minimum absolute atomic E-state index is 0.361. The highest BCUT2D eigenvalue weighted by Crippen LogP contribution is 2.34. The zero-order chi connectivity index (χ0) is 13.0. The van der Waals surface area contributed by atoms with Crippen molar-refractivity contribution in [2.24, 2.45) is 11.8 Å². The van der Waals surface area contributed by atoms with Gasteiger partial charge in [0, 0.05) is 18.1 Å². The summed E-state index contributed by atoms with van der Waals surface area (Å²) in [6.07, 6.45) is 11.4. The highest BCUT2D eigenvalue weighted by molar-refractivity contribution is 7.90. The molecule has 18 heavy (non-hydrogen) atoms. The van der Waals surface area contributed by atoms with Gasteiger partial charge in [-0.1, -0.05) is 25.7 Å². The van der Waals surface area contributed by atoms with Crippen molar-refractivity contribution in [3.63, 3.8) is 0 Å². The molecule has 0 spiro atoms. The van der Waals surface area contributed by atoms with Crippen LogP contribution in [0.5, 0.6) is 0 Å². The second kappa shape index (κ2) is 6.38. The van der Waals surface area contributed by atoms with Crippen molar-refractivity contribution in [2.45, 2.75) is 57.4 Å². The summed E-state index contributed by atoms with van der Waals surface area (Å²) < 4.78 is 22.4. The third kappa shape index (κ3) is 5.27. The Balaban J connectivity index is 1.74. The van der Waals surface area contributed by atoms with Crippen molar-refractivity contribution in [3.05, 3.63) is 0 Å². The molecule has 3 nitrogen and oxygen atoms in total. The van der Waals surface area contributed by atoms with E-state index < -0.39 is 9.84 Å². The highest BCUT2D eigenvalue weighted by atomic mass is 32.2. The van der Waals surface area contributed by atoms with Gasteiger partial charge in [0.05, 0.1) is 0 Å². The van der Waals surface area contributed by atoms with Crippen LogP contribution in [0.15, 0.2) is 0 Å². The molecule has 2 aliphatic carbocycles. The molecule has 2 rings (SSSR count). The average Bonchev–Trinajstić information content (AvgIpc) is 2.94. The lowest BCUT2D eigenvalue weighted by atomic mass is 9.87. The number of hydrogen-bond acceptors (Lipinski definition) is 3. The summed E-state index contributed by atoms with van der Waals surface area (Å²) in [6, 6.07) is 0.767. The Morgan fingerprint density at radius 3 is 2.39 bits per heavy atom. The van der Waals surface area contributed by atoms with Crippen molar-refractivity contribution in [1.29, 1.82) is 0 Å². The molecule has 0 bridgehead atoms. The van der Waals surface area contributed by atoms with Crippen LogP contribution in [0.2, 0.25) is 0 Å². The van der Waals surface area contributed by atoms with Gasteiger partial charge in [-0.15, -0.1) is 0 Å². The molecule has 0 amide bonds. The van der Waals surface area contributed by atoms with Gasteiger partial charge in [0.15, 0.2) is 0 Å². The van der Waals surface area contributed by atoms with E-state index in [9.17, 15) is 8.42 Å². The molecule has 1 atom stereocenters. The Morgan fingerprint density at radius 2 is 1.83 bits per heavy atom. The van der Waals surface area contributed by atoms with Crippen molar-refractivity contribution < 1.29 is 8.42 Å². The van der Waals surface area contributed by atoms with E-state index >= 15 is 0 Å². The van der Waals surface area contributed by atoms with E-state index in [0.29, 0.717) is 11.7 Å². The molecule has 0 saturated heterocycles. The van der Waals surface area contributed by atoms with E-state index in [1.807, 2.05) is 0 Å². The molecule has 106 valence electrons. The molecule has 0 heterocycles. The summed E-state index contributed by atoms with van der Waals surface area (Å²) in [5.41, 5.74) is 0. The zero-order valence-corrected chi connectivity index (χ0v) is 12.3. The van der Waals surface area contributed by atoms with Crippen molar-refractivity contribution in [2.75, 3.05) is 18.6 Å². The summed E-state index contributed by atoms with van der Waals surface area (Å²) in [5.74, 6) is 1.91. The first-order chi connectivity index (χ1) is 8.54. The monoisotopic (exact) mass is 273 g/mol. The quantitative estimate of drug-likeness (QED) is 0.738. The van der Waals surface area contributed by atoms with E-state index in [0.717, 1.165) is 31.3 Å². The van der Waals surface area contributed by atoms with Gasteiger partial charge in [-0.25, -0.2) is 8.42 Å². The van der Waals surface area contributed by atoms with E-state index in [1.54, 1.807) is 0 Å². The van der Waals surface area contributed by atoms with Gasteiger partial charge in [0.1, 0.15) is 9.84 Å². The van der Waals surface area contributed by atoms with Gasteiger partial charge < -0.3 is 5.32 Å².